The average molecular weight is 339 g/mol. The number of hydrogen-bond acceptors (Lipinski definition) is 5. The molecule has 2 N–H and O–H groups in total. The van der Waals surface area contributed by atoms with Crippen LogP contribution in [-0.4, -0.2) is 70.0 Å². The Bertz CT molecular complexity index is 574. The van der Waals surface area contributed by atoms with Gasteiger partial charge in [-0.2, -0.15) is 0 Å². The van der Waals surface area contributed by atoms with Crippen molar-refractivity contribution in [3.05, 3.63) is 0 Å². The summed E-state index contributed by atoms with van der Waals surface area (Å²) in [6, 6.07) is 0. The minimum atomic E-state index is -0.818. The van der Waals surface area contributed by atoms with Gasteiger partial charge in [0.05, 0.1) is 6.54 Å². The average Bonchev–Trinajstić information content (AvgIpc) is 2.95. The Labute approximate surface area is 141 Å². The molecule has 134 valence electrons. The van der Waals surface area contributed by atoms with Crippen molar-refractivity contribution in [3.8, 4) is 0 Å². The molecule has 2 saturated heterocycles. The normalized spacial score (nSPS) is 23.0. The maximum Gasteiger partial charge on any atom is 0.256 e. The highest BCUT2D eigenvalue weighted by molar-refractivity contribution is 5.92. The Hall–Kier alpha value is -2.16. The monoisotopic (exact) mass is 339 g/mol. The third-order valence-electron chi connectivity index (χ3n) is 4.24. The highest BCUT2D eigenvalue weighted by atomic mass is 16.2. The molecular weight excluding hydrogens is 314 g/mol. The molecular formula is C15H25N5O4. The Morgan fingerprint density at radius 1 is 1.33 bits per heavy atom. The predicted octanol–water partition coefficient (Wildman–Crippen LogP) is -1.14. The summed E-state index contributed by atoms with van der Waals surface area (Å²) in [5, 5.41) is 8.23. The Morgan fingerprint density at radius 2 is 1.96 bits per heavy atom. The lowest BCUT2D eigenvalue weighted by Gasteiger charge is -2.38. The molecule has 0 saturated carbocycles. The molecule has 2 aliphatic rings. The summed E-state index contributed by atoms with van der Waals surface area (Å²) in [7, 11) is 0. The summed E-state index contributed by atoms with van der Waals surface area (Å²) in [4.78, 5) is 49.9. The van der Waals surface area contributed by atoms with E-state index in [2.05, 4.69) is 10.6 Å². The summed E-state index contributed by atoms with van der Waals surface area (Å²) in [5.41, 5.74) is -0.818. The number of hydrogen-bond donors (Lipinski definition) is 2. The molecule has 2 heterocycles. The van der Waals surface area contributed by atoms with Crippen molar-refractivity contribution in [3.63, 3.8) is 0 Å². The third-order valence-corrected chi connectivity index (χ3v) is 4.24. The number of amides is 4. The first-order valence-electron chi connectivity index (χ1n) is 7.99. The van der Waals surface area contributed by atoms with Crippen LogP contribution in [0.1, 0.15) is 34.6 Å². The SMILES string of the molecule is CC(=O)N(CC(=O)N1CC(=O)NC1(C)C)N1C(=O)CNC1C(C)C. The molecule has 24 heavy (non-hydrogen) atoms. The number of nitrogens with zero attached hydrogens (tertiary/aromatic N) is 3. The number of carbonyl (C=O) groups is 4. The zero-order valence-electron chi connectivity index (χ0n) is 14.8. The van der Waals surface area contributed by atoms with Gasteiger partial charge in [-0.25, -0.2) is 10.0 Å². The van der Waals surface area contributed by atoms with Crippen LogP contribution in [0, 0.1) is 5.92 Å². The minimum absolute atomic E-state index is 0.0582. The molecule has 0 bridgehead atoms. The van der Waals surface area contributed by atoms with Gasteiger partial charge < -0.3 is 10.2 Å². The number of nitrogens with one attached hydrogen (secondary N) is 2. The van der Waals surface area contributed by atoms with Gasteiger partial charge in [0.25, 0.3) is 5.91 Å². The van der Waals surface area contributed by atoms with Crippen LogP contribution in [0.2, 0.25) is 0 Å². The highest BCUT2D eigenvalue weighted by Crippen LogP contribution is 2.20. The molecule has 0 aliphatic carbocycles. The molecule has 1 unspecified atom stereocenters. The topological polar surface area (TPSA) is 102 Å². The van der Waals surface area contributed by atoms with Gasteiger partial charge in [0.1, 0.15) is 24.9 Å². The van der Waals surface area contributed by atoms with E-state index in [0.29, 0.717) is 0 Å². The molecule has 2 rings (SSSR count). The molecule has 0 aromatic rings. The first-order chi connectivity index (χ1) is 11.0. The molecule has 0 aromatic carbocycles. The van der Waals surface area contributed by atoms with E-state index >= 15 is 0 Å². The molecule has 9 heteroatoms. The fourth-order valence-electron chi connectivity index (χ4n) is 3.06. The third kappa shape index (κ3) is 3.35. The van der Waals surface area contributed by atoms with Gasteiger partial charge in [-0.1, -0.05) is 13.8 Å². The van der Waals surface area contributed by atoms with Crippen molar-refractivity contribution in [2.75, 3.05) is 19.6 Å². The maximum absolute atomic E-state index is 12.6. The van der Waals surface area contributed by atoms with E-state index in [1.807, 2.05) is 13.8 Å². The predicted molar refractivity (Wildman–Crippen MR) is 84.8 cm³/mol. The van der Waals surface area contributed by atoms with Crippen LogP contribution in [0.4, 0.5) is 0 Å². The molecule has 9 nitrogen and oxygen atoms in total. The van der Waals surface area contributed by atoms with E-state index in [1.165, 1.54) is 16.8 Å². The van der Waals surface area contributed by atoms with Gasteiger partial charge in [0.15, 0.2) is 0 Å². The summed E-state index contributed by atoms with van der Waals surface area (Å²) in [6.45, 7) is 8.37. The molecule has 1 atom stereocenters. The minimum Gasteiger partial charge on any atom is -0.332 e. The van der Waals surface area contributed by atoms with Crippen molar-refractivity contribution in [1.29, 1.82) is 0 Å². The highest BCUT2D eigenvalue weighted by Gasteiger charge is 2.43. The quantitative estimate of drug-likeness (QED) is 0.674. The number of carbonyl (C=O) groups excluding carboxylic acids is 4. The molecule has 2 fully saturated rings. The second-order valence-corrected chi connectivity index (χ2v) is 6.97. The van der Waals surface area contributed by atoms with Crippen molar-refractivity contribution < 1.29 is 19.2 Å². The van der Waals surface area contributed by atoms with E-state index in [9.17, 15) is 19.2 Å². The van der Waals surface area contributed by atoms with Crippen LogP contribution in [0.5, 0.6) is 0 Å². The fraction of sp³-hybridized carbons (Fsp3) is 0.733. The Kier molecular flexibility index (Phi) is 4.84. The summed E-state index contributed by atoms with van der Waals surface area (Å²) >= 11 is 0. The summed E-state index contributed by atoms with van der Waals surface area (Å²) in [6.07, 6.45) is -0.347. The van der Waals surface area contributed by atoms with Crippen molar-refractivity contribution in [2.45, 2.75) is 46.4 Å². The second-order valence-electron chi connectivity index (χ2n) is 6.97. The van der Waals surface area contributed by atoms with Gasteiger partial charge in [-0.15, -0.1) is 0 Å². The number of hydrazine groups is 1. The van der Waals surface area contributed by atoms with Gasteiger partial charge in [-0.05, 0) is 19.8 Å². The molecule has 4 amide bonds. The van der Waals surface area contributed by atoms with E-state index < -0.39 is 17.5 Å². The molecule has 0 radical (unpaired) electrons. The van der Waals surface area contributed by atoms with Gasteiger partial charge in [0, 0.05) is 6.92 Å². The lowest BCUT2D eigenvalue weighted by Crippen LogP contribution is -2.58. The van der Waals surface area contributed by atoms with Gasteiger partial charge in [0.2, 0.25) is 17.7 Å². The zero-order chi connectivity index (χ0) is 18.2. The first kappa shape index (κ1) is 18.2. The van der Waals surface area contributed by atoms with E-state index in [1.54, 1.807) is 13.8 Å². The van der Waals surface area contributed by atoms with Crippen LogP contribution in [0.25, 0.3) is 0 Å². The van der Waals surface area contributed by atoms with Crippen LogP contribution in [0.15, 0.2) is 0 Å². The van der Waals surface area contributed by atoms with Crippen LogP contribution >= 0.6 is 0 Å². The largest absolute Gasteiger partial charge is 0.332 e. The fourth-order valence-corrected chi connectivity index (χ4v) is 3.06. The summed E-state index contributed by atoms with van der Waals surface area (Å²) < 4.78 is 0. The van der Waals surface area contributed by atoms with E-state index in [0.717, 1.165) is 5.01 Å². The number of rotatable bonds is 4. The summed E-state index contributed by atoms with van der Waals surface area (Å²) in [5.74, 6) is -1.23. The maximum atomic E-state index is 12.6. The van der Waals surface area contributed by atoms with Gasteiger partial charge >= 0.3 is 0 Å². The van der Waals surface area contributed by atoms with Crippen LogP contribution in [0.3, 0.4) is 0 Å². The van der Waals surface area contributed by atoms with Gasteiger partial charge in [-0.3, -0.25) is 24.5 Å². The smallest absolute Gasteiger partial charge is 0.256 e. The second kappa shape index (κ2) is 6.39. The van der Waals surface area contributed by atoms with Crippen molar-refractivity contribution >= 4 is 23.6 Å². The molecule has 0 spiro atoms. The molecule has 2 aliphatic heterocycles. The molecule has 0 aromatic heterocycles. The zero-order valence-corrected chi connectivity index (χ0v) is 14.8. The Morgan fingerprint density at radius 3 is 2.42 bits per heavy atom. The van der Waals surface area contributed by atoms with Crippen molar-refractivity contribution in [1.82, 2.24) is 25.6 Å². The lowest BCUT2D eigenvalue weighted by atomic mass is 10.1. The van der Waals surface area contributed by atoms with Crippen molar-refractivity contribution in [2.24, 2.45) is 5.92 Å². The van der Waals surface area contributed by atoms with Crippen LogP contribution in [-0.2, 0) is 19.2 Å². The van der Waals surface area contributed by atoms with Crippen LogP contribution < -0.4 is 10.6 Å². The van der Waals surface area contributed by atoms with E-state index in [-0.39, 0.29) is 43.5 Å². The first-order valence-corrected chi connectivity index (χ1v) is 7.99. The standard InChI is InChI=1S/C15H25N5O4/c1-9(2)14-16-6-12(23)20(14)19(10(3)21)8-13(24)18-7-11(22)17-15(18,4)5/h9,14,16H,6-8H2,1-5H3,(H,17,22). The van der Waals surface area contributed by atoms with E-state index in [4.69, 9.17) is 0 Å². The lowest BCUT2D eigenvalue weighted by molar-refractivity contribution is -0.168. The Balaban J connectivity index is 2.20.